The highest BCUT2D eigenvalue weighted by Crippen LogP contribution is 2.49. The molecule has 2 fully saturated rings. The highest BCUT2D eigenvalue weighted by molar-refractivity contribution is 4.97. The van der Waals surface area contributed by atoms with Crippen LogP contribution in [0.1, 0.15) is 78.6 Å². The van der Waals surface area contributed by atoms with Gasteiger partial charge >= 0.3 is 0 Å². The molecular weight excluding hydrogens is 218 g/mol. The second-order valence-electron chi connectivity index (χ2n) is 7.73. The van der Waals surface area contributed by atoms with Gasteiger partial charge in [0.1, 0.15) is 0 Å². The van der Waals surface area contributed by atoms with Crippen molar-refractivity contribution in [3.05, 3.63) is 0 Å². The molecule has 1 heteroatoms. The average Bonchev–Trinajstić information content (AvgIpc) is 2.77. The predicted octanol–water partition coefficient (Wildman–Crippen LogP) is 4.75. The minimum Gasteiger partial charge on any atom is -0.327 e. The van der Waals surface area contributed by atoms with Gasteiger partial charge in [0, 0.05) is 6.04 Å². The highest BCUT2D eigenvalue weighted by Gasteiger charge is 2.43. The third kappa shape index (κ3) is 3.10. The molecule has 0 aromatic heterocycles. The summed E-state index contributed by atoms with van der Waals surface area (Å²) in [7, 11) is 0. The van der Waals surface area contributed by atoms with Crippen LogP contribution in [0.15, 0.2) is 0 Å². The quantitative estimate of drug-likeness (QED) is 0.767. The van der Waals surface area contributed by atoms with E-state index in [9.17, 15) is 0 Å². The molecule has 0 bridgehead atoms. The van der Waals surface area contributed by atoms with Gasteiger partial charge in [-0.1, -0.05) is 46.5 Å². The van der Waals surface area contributed by atoms with E-state index in [0.717, 1.165) is 17.8 Å². The van der Waals surface area contributed by atoms with Gasteiger partial charge in [0.2, 0.25) is 0 Å². The zero-order valence-electron chi connectivity index (χ0n) is 12.8. The Morgan fingerprint density at radius 3 is 2.33 bits per heavy atom. The van der Waals surface area contributed by atoms with Gasteiger partial charge < -0.3 is 5.73 Å². The molecule has 2 saturated carbocycles. The van der Waals surface area contributed by atoms with Gasteiger partial charge in [-0.2, -0.15) is 0 Å². The lowest BCUT2D eigenvalue weighted by atomic mass is 9.65. The van der Waals surface area contributed by atoms with Crippen LogP contribution < -0.4 is 5.73 Å². The molecule has 2 rings (SSSR count). The fraction of sp³-hybridized carbons (Fsp3) is 1.00. The average molecular weight is 251 g/mol. The summed E-state index contributed by atoms with van der Waals surface area (Å²) >= 11 is 0. The van der Waals surface area contributed by atoms with Gasteiger partial charge in [0.05, 0.1) is 0 Å². The summed E-state index contributed by atoms with van der Waals surface area (Å²) in [6.07, 6.45) is 12.6. The number of hydrogen-bond donors (Lipinski definition) is 1. The number of hydrogen-bond acceptors (Lipinski definition) is 1. The molecule has 106 valence electrons. The number of nitrogens with two attached hydrogens (primary N) is 1. The zero-order chi connectivity index (χ0) is 13.2. The minimum atomic E-state index is 0.477. The standard InChI is InChI=1S/C17H33N/c1-13(2)12-17(9-4-5-10-17)16(18)15-8-6-7-14(3)11-15/h13-16H,4-12,18H2,1-3H3. The second kappa shape index (κ2) is 5.94. The number of rotatable bonds is 4. The molecule has 0 spiro atoms. The summed E-state index contributed by atoms with van der Waals surface area (Å²) in [6.45, 7) is 7.16. The van der Waals surface area contributed by atoms with E-state index in [4.69, 9.17) is 5.73 Å². The fourth-order valence-corrected chi connectivity index (χ4v) is 4.87. The highest BCUT2D eigenvalue weighted by atomic mass is 14.7. The van der Waals surface area contributed by atoms with Crippen molar-refractivity contribution in [2.45, 2.75) is 84.6 Å². The zero-order valence-corrected chi connectivity index (χ0v) is 12.8. The summed E-state index contributed by atoms with van der Waals surface area (Å²) in [5, 5.41) is 0. The van der Waals surface area contributed by atoms with Gasteiger partial charge in [-0.05, 0) is 55.3 Å². The molecule has 3 unspecified atom stereocenters. The molecule has 2 N–H and O–H groups in total. The van der Waals surface area contributed by atoms with Crippen LogP contribution in [0.3, 0.4) is 0 Å². The smallest absolute Gasteiger partial charge is 0.0124 e. The summed E-state index contributed by atoms with van der Waals surface area (Å²) < 4.78 is 0. The van der Waals surface area contributed by atoms with E-state index in [-0.39, 0.29) is 0 Å². The Morgan fingerprint density at radius 1 is 1.11 bits per heavy atom. The largest absolute Gasteiger partial charge is 0.327 e. The Bertz CT molecular complexity index is 252. The molecule has 2 aliphatic carbocycles. The second-order valence-corrected chi connectivity index (χ2v) is 7.73. The molecular formula is C17H33N. The molecule has 0 saturated heterocycles. The third-order valence-corrected chi connectivity index (χ3v) is 5.61. The topological polar surface area (TPSA) is 26.0 Å². The van der Waals surface area contributed by atoms with Crippen LogP contribution in [0, 0.1) is 23.2 Å². The lowest BCUT2D eigenvalue weighted by Crippen LogP contribution is -2.47. The molecule has 0 heterocycles. The van der Waals surface area contributed by atoms with Crippen molar-refractivity contribution >= 4 is 0 Å². The Hall–Kier alpha value is -0.0400. The first-order valence-corrected chi connectivity index (χ1v) is 8.29. The fourth-order valence-electron chi connectivity index (χ4n) is 4.87. The van der Waals surface area contributed by atoms with E-state index in [1.165, 1.54) is 57.8 Å². The van der Waals surface area contributed by atoms with Crippen molar-refractivity contribution in [2.24, 2.45) is 28.9 Å². The Morgan fingerprint density at radius 2 is 1.78 bits per heavy atom. The molecule has 2 aliphatic rings. The molecule has 1 nitrogen and oxygen atoms in total. The SMILES string of the molecule is CC(C)CC1(C(N)C2CCCC(C)C2)CCCC1. The van der Waals surface area contributed by atoms with Crippen LogP contribution in [0.5, 0.6) is 0 Å². The Balaban J connectivity index is 2.05. The molecule has 3 atom stereocenters. The maximum Gasteiger partial charge on any atom is 0.0124 e. The van der Waals surface area contributed by atoms with Crippen LogP contribution >= 0.6 is 0 Å². The van der Waals surface area contributed by atoms with Crippen molar-refractivity contribution in [2.75, 3.05) is 0 Å². The van der Waals surface area contributed by atoms with E-state index in [1.807, 2.05) is 0 Å². The molecule has 18 heavy (non-hydrogen) atoms. The molecule has 0 aromatic rings. The first-order valence-electron chi connectivity index (χ1n) is 8.29. The van der Waals surface area contributed by atoms with E-state index in [2.05, 4.69) is 20.8 Å². The first-order chi connectivity index (χ1) is 8.53. The molecule has 0 amide bonds. The summed E-state index contributed by atoms with van der Waals surface area (Å²) in [4.78, 5) is 0. The predicted molar refractivity (Wildman–Crippen MR) is 79.5 cm³/mol. The van der Waals surface area contributed by atoms with Crippen molar-refractivity contribution < 1.29 is 0 Å². The van der Waals surface area contributed by atoms with E-state index >= 15 is 0 Å². The van der Waals surface area contributed by atoms with Gasteiger partial charge in [-0.25, -0.2) is 0 Å². The normalized spacial score (nSPS) is 33.8. The van der Waals surface area contributed by atoms with Gasteiger partial charge in [-0.3, -0.25) is 0 Å². The Labute approximate surface area is 114 Å². The van der Waals surface area contributed by atoms with Crippen molar-refractivity contribution in [3.63, 3.8) is 0 Å². The first kappa shape index (κ1) is 14.4. The molecule has 0 radical (unpaired) electrons. The van der Waals surface area contributed by atoms with Crippen molar-refractivity contribution in [1.29, 1.82) is 0 Å². The van der Waals surface area contributed by atoms with Crippen molar-refractivity contribution in [3.8, 4) is 0 Å². The lowest BCUT2D eigenvalue weighted by molar-refractivity contribution is 0.106. The van der Waals surface area contributed by atoms with E-state index < -0.39 is 0 Å². The maximum atomic E-state index is 6.80. The third-order valence-electron chi connectivity index (χ3n) is 5.61. The monoisotopic (exact) mass is 251 g/mol. The molecule has 0 aromatic carbocycles. The van der Waals surface area contributed by atoms with E-state index in [1.54, 1.807) is 0 Å². The maximum absolute atomic E-state index is 6.80. The molecule has 0 aliphatic heterocycles. The minimum absolute atomic E-state index is 0.477. The van der Waals surface area contributed by atoms with Gasteiger partial charge in [0.25, 0.3) is 0 Å². The van der Waals surface area contributed by atoms with Crippen LogP contribution in [-0.2, 0) is 0 Å². The summed E-state index contributed by atoms with van der Waals surface area (Å²) in [5.74, 6) is 2.52. The Kier molecular flexibility index (Phi) is 4.75. The van der Waals surface area contributed by atoms with Gasteiger partial charge in [-0.15, -0.1) is 0 Å². The van der Waals surface area contributed by atoms with Crippen LogP contribution in [0.2, 0.25) is 0 Å². The lowest BCUT2D eigenvalue weighted by Gasteiger charge is -2.43. The van der Waals surface area contributed by atoms with Gasteiger partial charge in [0.15, 0.2) is 0 Å². The van der Waals surface area contributed by atoms with Crippen molar-refractivity contribution in [1.82, 2.24) is 0 Å². The summed E-state index contributed by atoms with van der Waals surface area (Å²) in [5.41, 5.74) is 7.30. The summed E-state index contributed by atoms with van der Waals surface area (Å²) in [6, 6.07) is 0.477. The van der Waals surface area contributed by atoms with Crippen LogP contribution in [0.4, 0.5) is 0 Å². The van der Waals surface area contributed by atoms with E-state index in [0.29, 0.717) is 11.5 Å². The van der Waals surface area contributed by atoms with Crippen LogP contribution in [0.25, 0.3) is 0 Å². The van der Waals surface area contributed by atoms with Crippen LogP contribution in [-0.4, -0.2) is 6.04 Å².